The van der Waals surface area contributed by atoms with Crippen LogP contribution in [-0.4, -0.2) is 65.1 Å². The highest BCUT2D eigenvalue weighted by Crippen LogP contribution is 2.11. The van der Waals surface area contributed by atoms with E-state index in [9.17, 15) is 9.59 Å². The molecule has 7 heteroatoms. The molecule has 0 aromatic carbocycles. The SMILES string of the molecule is CC(C)(C)OC(=O)N1CCN(C(=O)CNCc2cc[nH]c2)CC1. The summed E-state index contributed by atoms with van der Waals surface area (Å²) in [7, 11) is 0. The van der Waals surface area contributed by atoms with Crippen LogP contribution >= 0.6 is 0 Å². The molecule has 23 heavy (non-hydrogen) atoms. The Morgan fingerprint density at radius 2 is 1.87 bits per heavy atom. The first-order valence-corrected chi connectivity index (χ1v) is 7.93. The summed E-state index contributed by atoms with van der Waals surface area (Å²) < 4.78 is 5.35. The van der Waals surface area contributed by atoms with Gasteiger partial charge in [-0.2, -0.15) is 0 Å². The van der Waals surface area contributed by atoms with Crippen molar-refractivity contribution in [3.05, 3.63) is 24.0 Å². The molecule has 1 saturated heterocycles. The average molecular weight is 322 g/mol. The van der Waals surface area contributed by atoms with Crippen molar-refractivity contribution in [3.63, 3.8) is 0 Å². The Bertz CT molecular complexity index is 514. The number of H-pyrrole nitrogens is 1. The molecule has 0 saturated carbocycles. The zero-order valence-electron chi connectivity index (χ0n) is 14.1. The van der Waals surface area contributed by atoms with Crippen molar-refractivity contribution in [1.29, 1.82) is 0 Å². The van der Waals surface area contributed by atoms with Crippen LogP contribution in [0, 0.1) is 0 Å². The number of rotatable bonds is 4. The van der Waals surface area contributed by atoms with Gasteiger partial charge in [0.25, 0.3) is 0 Å². The van der Waals surface area contributed by atoms with Crippen molar-refractivity contribution >= 4 is 12.0 Å². The lowest BCUT2D eigenvalue weighted by atomic mass is 10.2. The number of aromatic nitrogens is 1. The van der Waals surface area contributed by atoms with Crippen molar-refractivity contribution in [1.82, 2.24) is 20.1 Å². The molecule has 0 radical (unpaired) electrons. The van der Waals surface area contributed by atoms with E-state index in [2.05, 4.69) is 10.3 Å². The molecule has 2 amide bonds. The van der Waals surface area contributed by atoms with E-state index in [1.807, 2.05) is 39.2 Å². The van der Waals surface area contributed by atoms with Gasteiger partial charge in [0, 0.05) is 45.1 Å². The molecule has 0 aliphatic carbocycles. The van der Waals surface area contributed by atoms with Gasteiger partial charge in [0.05, 0.1) is 6.54 Å². The summed E-state index contributed by atoms with van der Waals surface area (Å²) in [6.45, 7) is 8.62. The van der Waals surface area contributed by atoms with Gasteiger partial charge in [0.15, 0.2) is 0 Å². The van der Waals surface area contributed by atoms with E-state index in [0.717, 1.165) is 5.56 Å². The monoisotopic (exact) mass is 322 g/mol. The standard InChI is InChI=1S/C16H26N4O3/c1-16(2,3)23-15(22)20-8-6-19(7-9-20)14(21)12-18-11-13-4-5-17-10-13/h4-5,10,17-18H,6-9,11-12H2,1-3H3. The van der Waals surface area contributed by atoms with Gasteiger partial charge in [0.2, 0.25) is 5.91 Å². The number of piperazine rings is 1. The third-order valence-electron chi connectivity index (χ3n) is 3.55. The quantitative estimate of drug-likeness (QED) is 0.873. The summed E-state index contributed by atoms with van der Waals surface area (Å²) in [5.41, 5.74) is 0.624. The molecule has 0 atom stereocenters. The van der Waals surface area contributed by atoms with E-state index in [4.69, 9.17) is 4.74 Å². The normalized spacial score (nSPS) is 15.6. The lowest BCUT2D eigenvalue weighted by molar-refractivity contribution is -0.132. The number of ether oxygens (including phenoxy) is 1. The molecule has 0 bridgehead atoms. The first-order chi connectivity index (χ1) is 10.8. The molecule has 1 aliphatic rings. The number of hydrogen-bond acceptors (Lipinski definition) is 4. The fourth-order valence-electron chi connectivity index (χ4n) is 2.36. The summed E-state index contributed by atoms with van der Waals surface area (Å²) in [6.07, 6.45) is 3.45. The van der Waals surface area contributed by atoms with Crippen LogP contribution in [0.1, 0.15) is 26.3 Å². The van der Waals surface area contributed by atoms with Crippen LogP contribution < -0.4 is 5.32 Å². The van der Waals surface area contributed by atoms with E-state index in [1.54, 1.807) is 9.80 Å². The second kappa shape index (κ2) is 7.50. The number of amides is 2. The van der Waals surface area contributed by atoms with Crippen LogP contribution in [0.5, 0.6) is 0 Å². The lowest BCUT2D eigenvalue weighted by Crippen LogP contribution is -2.53. The van der Waals surface area contributed by atoms with E-state index in [-0.39, 0.29) is 12.0 Å². The number of nitrogens with one attached hydrogen (secondary N) is 2. The minimum absolute atomic E-state index is 0.0596. The molecule has 1 aliphatic heterocycles. The first-order valence-electron chi connectivity index (χ1n) is 7.93. The van der Waals surface area contributed by atoms with Crippen molar-refractivity contribution in [3.8, 4) is 0 Å². The second-order valence-electron chi connectivity index (χ2n) is 6.67. The fraction of sp³-hybridized carbons (Fsp3) is 0.625. The maximum Gasteiger partial charge on any atom is 0.410 e. The van der Waals surface area contributed by atoms with Gasteiger partial charge >= 0.3 is 6.09 Å². The van der Waals surface area contributed by atoms with Crippen LogP contribution in [0.3, 0.4) is 0 Å². The van der Waals surface area contributed by atoms with Crippen molar-refractivity contribution in [2.75, 3.05) is 32.7 Å². The van der Waals surface area contributed by atoms with Crippen LogP contribution in [0.2, 0.25) is 0 Å². The Hall–Kier alpha value is -2.02. The van der Waals surface area contributed by atoms with Crippen molar-refractivity contribution in [2.45, 2.75) is 32.9 Å². The van der Waals surface area contributed by atoms with E-state index in [1.165, 1.54) is 0 Å². The highest BCUT2D eigenvalue weighted by molar-refractivity contribution is 5.78. The third-order valence-corrected chi connectivity index (χ3v) is 3.55. The molecule has 2 heterocycles. The zero-order chi connectivity index (χ0) is 16.9. The Morgan fingerprint density at radius 3 is 2.43 bits per heavy atom. The number of nitrogens with zero attached hydrogens (tertiary/aromatic N) is 2. The van der Waals surface area contributed by atoms with E-state index >= 15 is 0 Å². The average Bonchev–Trinajstić information content (AvgIpc) is 2.99. The van der Waals surface area contributed by atoms with Crippen LogP contribution in [0.25, 0.3) is 0 Å². The van der Waals surface area contributed by atoms with E-state index in [0.29, 0.717) is 39.3 Å². The highest BCUT2D eigenvalue weighted by Gasteiger charge is 2.27. The Morgan fingerprint density at radius 1 is 1.22 bits per heavy atom. The second-order valence-corrected chi connectivity index (χ2v) is 6.67. The molecule has 1 aromatic rings. The topological polar surface area (TPSA) is 77.7 Å². The lowest BCUT2D eigenvalue weighted by Gasteiger charge is -2.35. The summed E-state index contributed by atoms with van der Waals surface area (Å²) in [5, 5.41) is 3.13. The van der Waals surface area contributed by atoms with Gasteiger partial charge in [-0.05, 0) is 32.4 Å². The largest absolute Gasteiger partial charge is 0.444 e. The van der Waals surface area contributed by atoms with Crippen LogP contribution in [0.15, 0.2) is 18.5 Å². The molecule has 2 rings (SSSR count). The molecule has 1 aromatic heterocycles. The minimum Gasteiger partial charge on any atom is -0.444 e. The van der Waals surface area contributed by atoms with Gasteiger partial charge in [-0.3, -0.25) is 4.79 Å². The molecule has 0 spiro atoms. The molecule has 1 fully saturated rings. The Labute approximate surface area is 137 Å². The van der Waals surface area contributed by atoms with Crippen LogP contribution in [0.4, 0.5) is 4.79 Å². The first kappa shape index (κ1) is 17.3. The van der Waals surface area contributed by atoms with Crippen molar-refractivity contribution < 1.29 is 14.3 Å². The summed E-state index contributed by atoms with van der Waals surface area (Å²) >= 11 is 0. The predicted octanol–water partition coefficient (Wildman–Crippen LogP) is 1.18. The van der Waals surface area contributed by atoms with Gasteiger partial charge < -0.3 is 24.8 Å². The molecule has 2 N–H and O–H groups in total. The summed E-state index contributed by atoms with van der Waals surface area (Å²) in [4.78, 5) is 30.5. The van der Waals surface area contributed by atoms with Gasteiger partial charge in [-0.25, -0.2) is 4.79 Å². The van der Waals surface area contributed by atoms with Crippen LogP contribution in [-0.2, 0) is 16.1 Å². The number of hydrogen-bond donors (Lipinski definition) is 2. The molecule has 7 nitrogen and oxygen atoms in total. The van der Waals surface area contributed by atoms with Gasteiger partial charge in [0.1, 0.15) is 5.60 Å². The number of aromatic amines is 1. The van der Waals surface area contributed by atoms with E-state index < -0.39 is 5.60 Å². The fourth-order valence-corrected chi connectivity index (χ4v) is 2.36. The van der Waals surface area contributed by atoms with Crippen molar-refractivity contribution in [2.24, 2.45) is 0 Å². The highest BCUT2D eigenvalue weighted by atomic mass is 16.6. The number of carbonyl (C=O) groups is 2. The third kappa shape index (κ3) is 5.59. The molecular formula is C16H26N4O3. The van der Waals surface area contributed by atoms with Gasteiger partial charge in [-0.15, -0.1) is 0 Å². The summed E-state index contributed by atoms with van der Waals surface area (Å²) in [5.74, 6) is 0.0596. The Balaban J connectivity index is 1.69. The summed E-state index contributed by atoms with van der Waals surface area (Å²) in [6, 6.07) is 1.97. The molecule has 128 valence electrons. The maximum absolute atomic E-state index is 12.2. The number of carbonyl (C=O) groups excluding carboxylic acids is 2. The zero-order valence-corrected chi connectivity index (χ0v) is 14.1. The molecular weight excluding hydrogens is 296 g/mol. The maximum atomic E-state index is 12.2. The minimum atomic E-state index is -0.494. The molecule has 0 unspecified atom stereocenters. The predicted molar refractivity (Wildman–Crippen MR) is 86.9 cm³/mol. The Kier molecular flexibility index (Phi) is 5.65. The van der Waals surface area contributed by atoms with Gasteiger partial charge in [-0.1, -0.05) is 0 Å². The smallest absolute Gasteiger partial charge is 0.410 e.